The molecule has 0 aliphatic heterocycles. The van der Waals surface area contributed by atoms with E-state index in [-0.39, 0.29) is 11.6 Å². The van der Waals surface area contributed by atoms with E-state index in [4.69, 9.17) is 5.73 Å². The van der Waals surface area contributed by atoms with Crippen molar-refractivity contribution in [3.8, 4) is 0 Å². The molecule has 2 aromatic carbocycles. The summed E-state index contributed by atoms with van der Waals surface area (Å²) in [5.41, 5.74) is 6.96. The quantitative estimate of drug-likeness (QED) is 0.930. The van der Waals surface area contributed by atoms with Crippen molar-refractivity contribution in [1.82, 2.24) is 0 Å². The van der Waals surface area contributed by atoms with E-state index < -0.39 is 11.9 Å². The van der Waals surface area contributed by atoms with Gasteiger partial charge in [0.1, 0.15) is 11.9 Å². The third-order valence-electron chi connectivity index (χ3n) is 3.15. The molecule has 4 heteroatoms. The van der Waals surface area contributed by atoms with Gasteiger partial charge in [-0.3, -0.25) is 4.79 Å². The Labute approximate surface area is 117 Å². The molecule has 20 heavy (non-hydrogen) atoms. The van der Waals surface area contributed by atoms with Crippen molar-refractivity contribution < 1.29 is 9.18 Å². The van der Waals surface area contributed by atoms with Gasteiger partial charge in [0.15, 0.2) is 0 Å². The summed E-state index contributed by atoms with van der Waals surface area (Å²) in [4.78, 5) is 13.8. The van der Waals surface area contributed by atoms with Crippen LogP contribution in [0.1, 0.15) is 18.5 Å². The number of nitrogens with two attached hydrogens (primary N) is 1. The maximum absolute atomic E-state index is 13.8. The van der Waals surface area contributed by atoms with Gasteiger partial charge in [0.25, 0.3) is 0 Å². The molecule has 2 N–H and O–H groups in total. The molecule has 0 aliphatic rings. The highest BCUT2D eigenvalue weighted by molar-refractivity contribution is 5.97. The Morgan fingerprint density at radius 1 is 1.15 bits per heavy atom. The van der Waals surface area contributed by atoms with Crippen LogP contribution in [0.4, 0.5) is 10.1 Å². The van der Waals surface area contributed by atoms with Crippen LogP contribution in [-0.4, -0.2) is 12.5 Å². The highest BCUT2D eigenvalue weighted by Gasteiger charge is 2.24. The molecule has 0 saturated carbocycles. The molecule has 0 heterocycles. The third-order valence-corrected chi connectivity index (χ3v) is 3.15. The van der Waals surface area contributed by atoms with Gasteiger partial charge in [0.2, 0.25) is 5.91 Å². The molecule has 104 valence electrons. The maximum Gasteiger partial charge on any atom is 0.248 e. The van der Waals surface area contributed by atoms with Crippen molar-refractivity contribution in [2.75, 3.05) is 11.4 Å². The minimum atomic E-state index is -0.796. The van der Waals surface area contributed by atoms with Crippen molar-refractivity contribution in [3.05, 3.63) is 66.0 Å². The Morgan fingerprint density at radius 3 is 2.35 bits per heavy atom. The summed E-state index contributed by atoms with van der Waals surface area (Å²) in [5, 5.41) is 0. The van der Waals surface area contributed by atoms with Crippen LogP contribution in [0.2, 0.25) is 0 Å². The summed E-state index contributed by atoms with van der Waals surface area (Å²) in [6, 6.07) is 14.5. The molecule has 1 amide bonds. The summed E-state index contributed by atoms with van der Waals surface area (Å²) < 4.78 is 13.8. The monoisotopic (exact) mass is 272 g/mol. The van der Waals surface area contributed by atoms with E-state index in [1.807, 2.05) is 18.2 Å². The van der Waals surface area contributed by atoms with Gasteiger partial charge in [0, 0.05) is 6.54 Å². The summed E-state index contributed by atoms with van der Waals surface area (Å²) in [7, 11) is 0. The third kappa shape index (κ3) is 2.86. The van der Waals surface area contributed by atoms with Crippen molar-refractivity contribution >= 4 is 11.6 Å². The lowest BCUT2D eigenvalue weighted by atomic mass is 10.1. The van der Waals surface area contributed by atoms with E-state index in [1.54, 1.807) is 37.3 Å². The Hall–Kier alpha value is -2.20. The average molecular weight is 272 g/mol. The van der Waals surface area contributed by atoms with Crippen LogP contribution >= 0.6 is 0 Å². The van der Waals surface area contributed by atoms with Crippen molar-refractivity contribution in [2.24, 2.45) is 5.73 Å². The fraction of sp³-hybridized carbons (Fsp3) is 0.188. The Bertz CT molecular complexity index is 586. The molecular formula is C16H17FN2O. The van der Waals surface area contributed by atoms with Crippen LogP contribution < -0.4 is 10.6 Å². The standard InChI is InChI=1S/C16H17FN2O/c1-2-19(14-11-7-6-10-13(14)17)16(20)15(18)12-8-4-3-5-9-12/h3-11,15H,2,18H2,1H3/t15-/m1/s1. The minimum absolute atomic E-state index is 0.256. The number of para-hydroxylation sites is 1. The molecule has 0 fully saturated rings. The number of carbonyl (C=O) groups is 1. The van der Waals surface area contributed by atoms with Crippen LogP contribution in [0.5, 0.6) is 0 Å². The largest absolute Gasteiger partial charge is 0.316 e. The number of hydrogen-bond acceptors (Lipinski definition) is 2. The van der Waals surface area contributed by atoms with Crippen LogP contribution in [0, 0.1) is 5.82 Å². The molecule has 0 unspecified atom stereocenters. The topological polar surface area (TPSA) is 46.3 Å². The second-order valence-electron chi connectivity index (χ2n) is 4.42. The van der Waals surface area contributed by atoms with Gasteiger partial charge in [-0.05, 0) is 24.6 Å². The average Bonchev–Trinajstić information content (AvgIpc) is 2.50. The smallest absolute Gasteiger partial charge is 0.248 e. The molecule has 2 rings (SSSR count). The fourth-order valence-corrected chi connectivity index (χ4v) is 2.09. The first-order valence-corrected chi connectivity index (χ1v) is 6.51. The Balaban J connectivity index is 2.29. The molecule has 1 atom stereocenters. The van der Waals surface area contributed by atoms with Crippen molar-refractivity contribution in [3.63, 3.8) is 0 Å². The van der Waals surface area contributed by atoms with Crippen LogP contribution in [0.15, 0.2) is 54.6 Å². The molecule has 0 aliphatic carbocycles. The zero-order valence-electron chi connectivity index (χ0n) is 11.3. The van der Waals surface area contributed by atoms with Gasteiger partial charge in [-0.2, -0.15) is 0 Å². The molecule has 0 spiro atoms. The number of anilines is 1. The fourth-order valence-electron chi connectivity index (χ4n) is 2.09. The number of hydrogen-bond donors (Lipinski definition) is 1. The number of halogens is 1. The first kappa shape index (κ1) is 14.2. The van der Waals surface area contributed by atoms with Gasteiger partial charge in [-0.25, -0.2) is 4.39 Å². The predicted octanol–water partition coefficient (Wildman–Crippen LogP) is 2.88. The summed E-state index contributed by atoms with van der Waals surface area (Å²) in [6.07, 6.45) is 0. The highest BCUT2D eigenvalue weighted by Crippen LogP contribution is 2.22. The molecule has 2 aromatic rings. The predicted molar refractivity (Wildman–Crippen MR) is 77.8 cm³/mol. The minimum Gasteiger partial charge on any atom is -0.316 e. The number of carbonyl (C=O) groups excluding carboxylic acids is 1. The second-order valence-corrected chi connectivity index (χ2v) is 4.42. The van der Waals surface area contributed by atoms with Gasteiger partial charge >= 0.3 is 0 Å². The van der Waals surface area contributed by atoms with E-state index >= 15 is 0 Å². The Kier molecular flexibility index (Phi) is 4.48. The number of rotatable bonds is 4. The van der Waals surface area contributed by atoms with Crippen LogP contribution in [0.25, 0.3) is 0 Å². The zero-order chi connectivity index (χ0) is 14.5. The van der Waals surface area contributed by atoms with Crippen molar-refractivity contribution in [1.29, 1.82) is 0 Å². The van der Waals surface area contributed by atoms with Crippen LogP contribution in [0.3, 0.4) is 0 Å². The van der Waals surface area contributed by atoms with Gasteiger partial charge in [-0.15, -0.1) is 0 Å². The lowest BCUT2D eigenvalue weighted by Gasteiger charge is -2.25. The zero-order valence-corrected chi connectivity index (χ0v) is 11.3. The second kappa shape index (κ2) is 6.30. The molecule has 3 nitrogen and oxygen atoms in total. The summed E-state index contributed by atoms with van der Waals surface area (Å²) >= 11 is 0. The lowest BCUT2D eigenvalue weighted by molar-refractivity contribution is -0.119. The van der Waals surface area contributed by atoms with Gasteiger partial charge in [-0.1, -0.05) is 42.5 Å². The number of amides is 1. The highest BCUT2D eigenvalue weighted by atomic mass is 19.1. The van der Waals surface area contributed by atoms with E-state index in [9.17, 15) is 9.18 Å². The molecule has 0 radical (unpaired) electrons. The van der Waals surface area contributed by atoms with E-state index in [0.717, 1.165) is 0 Å². The Morgan fingerprint density at radius 2 is 1.75 bits per heavy atom. The first-order valence-electron chi connectivity index (χ1n) is 6.51. The molecule has 0 saturated heterocycles. The molecule has 0 bridgehead atoms. The molecule has 0 aromatic heterocycles. The summed E-state index contributed by atoms with van der Waals surface area (Å²) in [6.45, 7) is 2.16. The maximum atomic E-state index is 13.8. The van der Waals surface area contributed by atoms with Crippen molar-refractivity contribution in [2.45, 2.75) is 13.0 Å². The lowest BCUT2D eigenvalue weighted by Crippen LogP contribution is -2.39. The number of benzene rings is 2. The van der Waals surface area contributed by atoms with Crippen LogP contribution in [-0.2, 0) is 4.79 Å². The normalized spacial score (nSPS) is 11.9. The van der Waals surface area contributed by atoms with E-state index in [2.05, 4.69) is 0 Å². The first-order chi connectivity index (χ1) is 9.65. The van der Waals surface area contributed by atoms with E-state index in [0.29, 0.717) is 12.1 Å². The number of likely N-dealkylation sites (N-methyl/N-ethyl adjacent to an activating group) is 1. The molecular weight excluding hydrogens is 255 g/mol. The summed E-state index contributed by atoms with van der Waals surface area (Å²) in [5.74, 6) is -0.744. The number of nitrogens with zero attached hydrogens (tertiary/aromatic N) is 1. The SMILES string of the molecule is CCN(C(=O)[C@H](N)c1ccccc1)c1ccccc1F. The van der Waals surface area contributed by atoms with E-state index in [1.165, 1.54) is 11.0 Å². The van der Waals surface area contributed by atoms with Gasteiger partial charge < -0.3 is 10.6 Å². The van der Waals surface area contributed by atoms with Gasteiger partial charge in [0.05, 0.1) is 5.69 Å².